The molecule has 1 aliphatic carbocycles. The van der Waals surface area contributed by atoms with Crippen molar-refractivity contribution in [3.63, 3.8) is 0 Å². The van der Waals surface area contributed by atoms with Crippen molar-refractivity contribution in [2.24, 2.45) is 5.92 Å². The fourth-order valence-corrected chi connectivity index (χ4v) is 4.30. The zero-order valence-corrected chi connectivity index (χ0v) is 13.4. The first-order valence-electron chi connectivity index (χ1n) is 7.76. The van der Waals surface area contributed by atoms with Crippen LogP contribution >= 0.6 is 0 Å². The van der Waals surface area contributed by atoms with Crippen molar-refractivity contribution in [3.05, 3.63) is 35.9 Å². The van der Waals surface area contributed by atoms with Crippen LogP contribution in [0.2, 0.25) is 0 Å². The number of carboxylic acid groups (broad SMARTS) is 1. The highest BCUT2D eigenvalue weighted by molar-refractivity contribution is 7.89. The van der Waals surface area contributed by atoms with E-state index in [-0.39, 0.29) is 5.75 Å². The number of rotatable bonds is 7. The van der Waals surface area contributed by atoms with Gasteiger partial charge in [0.15, 0.2) is 0 Å². The molecule has 0 heterocycles. The summed E-state index contributed by atoms with van der Waals surface area (Å²) in [6, 6.07) is 7.16. The van der Waals surface area contributed by atoms with Crippen LogP contribution < -0.4 is 4.72 Å². The van der Waals surface area contributed by atoms with Gasteiger partial charge in [-0.15, -0.1) is 0 Å². The highest BCUT2D eigenvalue weighted by Gasteiger charge is 2.26. The fraction of sp³-hybridized carbons (Fsp3) is 0.562. The van der Waals surface area contributed by atoms with E-state index in [0.29, 0.717) is 17.9 Å². The summed E-state index contributed by atoms with van der Waals surface area (Å²) in [7, 11) is -3.60. The van der Waals surface area contributed by atoms with E-state index in [1.165, 1.54) is 19.3 Å². The summed E-state index contributed by atoms with van der Waals surface area (Å²) >= 11 is 0. The van der Waals surface area contributed by atoms with Crippen LogP contribution in [0.25, 0.3) is 0 Å². The Labute approximate surface area is 131 Å². The van der Waals surface area contributed by atoms with Gasteiger partial charge in [-0.1, -0.05) is 62.4 Å². The van der Waals surface area contributed by atoms with Crippen molar-refractivity contribution in [1.29, 1.82) is 0 Å². The van der Waals surface area contributed by atoms with Gasteiger partial charge in [-0.2, -0.15) is 4.72 Å². The van der Waals surface area contributed by atoms with Crippen molar-refractivity contribution in [3.8, 4) is 0 Å². The summed E-state index contributed by atoms with van der Waals surface area (Å²) < 4.78 is 26.7. The number of aliphatic carboxylic acids is 1. The van der Waals surface area contributed by atoms with Crippen molar-refractivity contribution >= 4 is 16.0 Å². The van der Waals surface area contributed by atoms with E-state index >= 15 is 0 Å². The lowest BCUT2D eigenvalue weighted by molar-refractivity contribution is -0.139. The third kappa shape index (κ3) is 5.10. The Morgan fingerprint density at radius 2 is 1.82 bits per heavy atom. The van der Waals surface area contributed by atoms with Gasteiger partial charge < -0.3 is 5.11 Å². The molecule has 122 valence electrons. The van der Waals surface area contributed by atoms with E-state index in [4.69, 9.17) is 0 Å². The van der Waals surface area contributed by atoms with Crippen LogP contribution in [0.3, 0.4) is 0 Å². The first-order valence-corrected chi connectivity index (χ1v) is 9.41. The molecule has 1 saturated carbocycles. The fourth-order valence-electron chi connectivity index (χ4n) is 2.94. The maximum atomic E-state index is 12.2. The zero-order chi connectivity index (χ0) is 16.0. The summed E-state index contributed by atoms with van der Waals surface area (Å²) in [5.41, 5.74) is 0.441. The lowest BCUT2D eigenvalue weighted by Crippen LogP contribution is -2.35. The van der Waals surface area contributed by atoms with E-state index in [2.05, 4.69) is 4.72 Å². The second-order valence-electron chi connectivity index (χ2n) is 5.91. The van der Waals surface area contributed by atoms with E-state index in [0.717, 1.165) is 12.8 Å². The second-order valence-corrected chi connectivity index (χ2v) is 7.78. The van der Waals surface area contributed by atoms with Gasteiger partial charge in [0.05, 0.1) is 5.75 Å². The Hall–Kier alpha value is -1.40. The van der Waals surface area contributed by atoms with Gasteiger partial charge in [0, 0.05) is 0 Å². The van der Waals surface area contributed by atoms with E-state index < -0.39 is 22.0 Å². The Morgan fingerprint density at radius 3 is 2.41 bits per heavy atom. The van der Waals surface area contributed by atoms with Crippen LogP contribution in [0.5, 0.6) is 0 Å². The second kappa shape index (κ2) is 7.74. The number of sulfonamides is 1. The van der Waals surface area contributed by atoms with Crippen molar-refractivity contribution in [2.75, 3.05) is 5.75 Å². The molecule has 6 heteroatoms. The smallest absolute Gasteiger partial charge is 0.326 e. The summed E-state index contributed by atoms with van der Waals surface area (Å²) in [6.07, 6.45) is 6.33. The molecule has 2 N–H and O–H groups in total. The Kier molecular flexibility index (Phi) is 5.97. The van der Waals surface area contributed by atoms with Gasteiger partial charge in [-0.25, -0.2) is 8.42 Å². The first-order chi connectivity index (χ1) is 10.5. The molecule has 0 spiro atoms. The predicted octanol–water partition coefficient (Wildman–Crippen LogP) is 2.70. The monoisotopic (exact) mass is 325 g/mol. The number of carbonyl (C=O) groups is 1. The maximum absolute atomic E-state index is 12.2. The third-order valence-corrected chi connectivity index (χ3v) is 5.56. The lowest BCUT2D eigenvalue weighted by atomic mass is 9.88. The minimum atomic E-state index is -3.60. The van der Waals surface area contributed by atoms with Gasteiger partial charge >= 0.3 is 5.97 Å². The highest BCUT2D eigenvalue weighted by atomic mass is 32.2. The molecule has 0 saturated heterocycles. The molecule has 5 nitrogen and oxygen atoms in total. The van der Waals surface area contributed by atoms with E-state index in [1.807, 2.05) is 0 Å². The summed E-state index contributed by atoms with van der Waals surface area (Å²) in [6.45, 7) is 0. The van der Waals surface area contributed by atoms with Crippen LogP contribution in [0, 0.1) is 5.92 Å². The molecule has 2 rings (SSSR count). The molecule has 1 fully saturated rings. The number of hydrogen-bond acceptors (Lipinski definition) is 3. The van der Waals surface area contributed by atoms with Crippen molar-refractivity contribution in [2.45, 2.75) is 44.6 Å². The molecule has 1 aliphatic rings. The highest BCUT2D eigenvalue weighted by Crippen LogP contribution is 2.26. The third-order valence-electron chi connectivity index (χ3n) is 4.20. The molecule has 0 aromatic heterocycles. The van der Waals surface area contributed by atoms with Crippen LogP contribution in [0.1, 0.15) is 50.1 Å². The van der Waals surface area contributed by atoms with Gasteiger partial charge in [0.1, 0.15) is 6.04 Å². The molecule has 0 radical (unpaired) electrons. The van der Waals surface area contributed by atoms with Crippen molar-refractivity contribution in [1.82, 2.24) is 4.72 Å². The molecule has 0 aliphatic heterocycles. The average Bonchev–Trinajstić information content (AvgIpc) is 2.52. The number of benzene rings is 1. The largest absolute Gasteiger partial charge is 0.480 e. The van der Waals surface area contributed by atoms with Gasteiger partial charge in [-0.05, 0) is 17.9 Å². The Morgan fingerprint density at radius 1 is 1.18 bits per heavy atom. The quantitative estimate of drug-likeness (QED) is 0.807. The van der Waals surface area contributed by atoms with Crippen molar-refractivity contribution < 1.29 is 18.3 Å². The van der Waals surface area contributed by atoms with Crippen LogP contribution in [-0.2, 0) is 14.8 Å². The molecule has 1 aromatic carbocycles. The molecule has 0 unspecified atom stereocenters. The standard InChI is InChI=1S/C16H23NO4S/c18-16(19)15(14-9-5-2-6-10-14)17-22(20,21)12-11-13-7-3-1-4-8-13/h2,5-6,9-10,13,15,17H,1,3-4,7-8,11-12H2,(H,18,19)/t15-/m0/s1. The molecule has 1 aromatic rings. The summed E-state index contributed by atoms with van der Waals surface area (Å²) in [4.78, 5) is 11.4. The molecular weight excluding hydrogens is 302 g/mol. The van der Waals surface area contributed by atoms with Crippen LogP contribution in [0.15, 0.2) is 30.3 Å². The van der Waals surface area contributed by atoms with Crippen LogP contribution in [0.4, 0.5) is 0 Å². The normalized spacial score (nSPS) is 18.0. The molecule has 0 amide bonds. The summed E-state index contributed by atoms with van der Waals surface area (Å²) in [5, 5.41) is 9.28. The van der Waals surface area contributed by atoms with Gasteiger partial charge in [0.25, 0.3) is 0 Å². The predicted molar refractivity (Wildman–Crippen MR) is 84.9 cm³/mol. The lowest BCUT2D eigenvalue weighted by Gasteiger charge is -2.22. The van der Waals surface area contributed by atoms with Gasteiger partial charge in [0.2, 0.25) is 10.0 Å². The number of nitrogens with one attached hydrogen (secondary N) is 1. The minimum Gasteiger partial charge on any atom is -0.480 e. The van der Waals surface area contributed by atoms with E-state index in [1.54, 1.807) is 30.3 Å². The molecule has 1 atom stereocenters. The topological polar surface area (TPSA) is 83.5 Å². The minimum absolute atomic E-state index is 0.00567. The Balaban J connectivity index is 1.97. The van der Waals surface area contributed by atoms with E-state index in [9.17, 15) is 18.3 Å². The first kappa shape index (κ1) is 17.0. The number of hydrogen-bond donors (Lipinski definition) is 2. The molecule has 22 heavy (non-hydrogen) atoms. The Bertz CT molecular complexity index is 579. The summed E-state index contributed by atoms with van der Waals surface area (Å²) in [5.74, 6) is -0.744. The zero-order valence-electron chi connectivity index (χ0n) is 12.6. The molecular formula is C16H23NO4S. The average molecular weight is 325 g/mol. The number of carboxylic acids is 1. The van der Waals surface area contributed by atoms with Gasteiger partial charge in [-0.3, -0.25) is 4.79 Å². The molecule has 0 bridgehead atoms. The van der Waals surface area contributed by atoms with Crippen LogP contribution in [-0.4, -0.2) is 25.2 Å². The maximum Gasteiger partial charge on any atom is 0.326 e. The SMILES string of the molecule is O=C(O)[C@@H](NS(=O)(=O)CCC1CCCCC1)c1ccccc1.